The summed E-state index contributed by atoms with van der Waals surface area (Å²) in [5, 5.41) is 0. The van der Waals surface area contributed by atoms with Crippen LogP contribution in [0.1, 0.15) is 65.2 Å². The van der Waals surface area contributed by atoms with E-state index in [0.717, 1.165) is 11.8 Å². The van der Waals surface area contributed by atoms with E-state index >= 15 is 0 Å². The molecule has 0 bridgehead atoms. The van der Waals surface area contributed by atoms with Gasteiger partial charge in [-0.1, -0.05) is 39.5 Å². The maximum absolute atomic E-state index is 6.24. The number of nitrogens with two attached hydrogens (primary N) is 1. The Labute approximate surface area is 89.5 Å². The highest BCUT2D eigenvalue weighted by Gasteiger charge is 2.22. The summed E-state index contributed by atoms with van der Waals surface area (Å²) in [5.41, 5.74) is 6.24. The van der Waals surface area contributed by atoms with Gasteiger partial charge in [0.1, 0.15) is 0 Å². The molecule has 0 amide bonds. The second-order valence-corrected chi connectivity index (χ2v) is 4.97. The van der Waals surface area contributed by atoms with Gasteiger partial charge in [0, 0.05) is 6.04 Å². The summed E-state index contributed by atoms with van der Waals surface area (Å²) in [6.45, 7) is 4.60. The molecule has 1 aliphatic rings. The monoisotopic (exact) mass is 197 g/mol. The Hall–Kier alpha value is -0.0400. The van der Waals surface area contributed by atoms with Crippen LogP contribution in [0.4, 0.5) is 0 Å². The fourth-order valence-corrected chi connectivity index (χ4v) is 2.75. The van der Waals surface area contributed by atoms with Crippen molar-refractivity contribution in [2.24, 2.45) is 17.6 Å². The van der Waals surface area contributed by atoms with E-state index < -0.39 is 0 Å². The molecule has 84 valence electrons. The molecule has 1 heteroatoms. The number of rotatable bonds is 6. The molecular formula is C13H27N. The van der Waals surface area contributed by atoms with Crippen LogP contribution in [0.2, 0.25) is 0 Å². The summed E-state index contributed by atoms with van der Waals surface area (Å²) in [5.74, 6) is 1.77. The molecule has 1 saturated carbocycles. The minimum Gasteiger partial charge on any atom is -0.327 e. The summed E-state index contributed by atoms with van der Waals surface area (Å²) in [6.07, 6.45) is 10.9. The van der Waals surface area contributed by atoms with E-state index in [9.17, 15) is 0 Å². The van der Waals surface area contributed by atoms with Gasteiger partial charge >= 0.3 is 0 Å². The highest BCUT2D eigenvalue weighted by atomic mass is 14.7. The quantitative estimate of drug-likeness (QED) is 0.690. The first-order chi connectivity index (χ1) is 6.77. The third kappa shape index (κ3) is 3.61. The van der Waals surface area contributed by atoms with Crippen molar-refractivity contribution in [3.05, 3.63) is 0 Å². The SMILES string of the molecule is CCC(CC)CCC(N)C1CCCC1. The molecule has 0 heterocycles. The average molecular weight is 197 g/mol. The zero-order chi connectivity index (χ0) is 10.4. The molecule has 0 spiro atoms. The molecule has 1 rings (SSSR count). The normalized spacial score (nSPS) is 20.6. The molecule has 2 N–H and O–H groups in total. The first-order valence-corrected chi connectivity index (χ1v) is 6.53. The zero-order valence-electron chi connectivity index (χ0n) is 9.97. The molecule has 0 aromatic heterocycles. The highest BCUT2D eigenvalue weighted by Crippen LogP contribution is 2.29. The molecule has 0 aliphatic heterocycles. The summed E-state index contributed by atoms with van der Waals surface area (Å²) >= 11 is 0. The summed E-state index contributed by atoms with van der Waals surface area (Å²) < 4.78 is 0. The Morgan fingerprint density at radius 3 is 2.14 bits per heavy atom. The lowest BCUT2D eigenvalue weighted by Crippen LogP contribution is -2.28. The van der Waals surface area contributed by atoms with Gasteiger partial charge in [-0.05, 0) is 37.5 Å². The predicted molar refractivity (Wildman–Crippen MR) is 63.2 cm³/mol. The molecule has 1 fully saturated rings. The topological polar surface area (TPSA) is 26.0 Å². The average Bonchev–Trinajstić information content (AvgIpc) is 2.72. The second-order valence-electron chi connectivity index (χ2n) is 4.97. The third-order valence-corrected chi connectivity index (χ3v) is 4.07. The maximum atomic E-state index is 6.24. The van der Waals surface area contributed by atoms with Gasteiger partial charge in [0.2, 0.25) is 0 Å². The van der Waals surface area contributed by atoms with Crippen LogP contribution < -0.4 is 5.73 Å². The van der Waals surface area contributed by atoms with Crippen molar-refractivity contribution < 1.29 is 0 Å². The summed E-state index contributed by atoms with van der Waals surface area (Å²) in [6, 6.07) is 0.498. The Balaban J connectivity index is 2.15. The van der Waals surface area contributed by atoms with Crippen molar-refractivity contribution in [1.82, 2.24) is 0 Å². The number of hydrogen-bond acceptors (Lipinski definition) is 1. The van der Waals surface area contributed by atoms with Crippen LogP contribution in [-0.4, -0.2) is 6.04 Å². The summed E-state index contributed by atoms with van der Waals surface area (Å²) in [4.78, 5) is 0. The standard InChI is InChI=1S/C13H27N/c1-3-11(4-2)9-10-13(14)12-7-5-6-8-12/h11-13H,3-10,14H2,1-2H3. The van der Waals surface area contributed by atoms with Gasteiger partial charge in [-0.15, -0.1) is 0 Å². The lowest BCUT2D eigenvalue weighted by atomic mass is 9.89. The minimum absolute atomic E-state index is 0.498. The molecule has 1 aliphatic carbocycles. The van der Waals surface area contributed by atoms with Crippen LogP contribution in [0.3, 0.4) is 0 Å². The second kappa shape index (κ2) is 6.44. The van der Waals surface area contributed by atoms with Crippen LogP contribution in [0, 0.1) is 11.8 Å². The van der Waals surface area contributed by atoms with Crippen molar-refractivity contribution in [2.45, 2.75) is 71.3 Å². The minimum atomic E-state index is 0.498. The van der Waals surface area contributed by atoms with Crippen molar-refractivity contribution in [1.29, 1.82) is 0 Å². The summed E-state index contributed by atoms with van der Waals surface area (Å²) in [7, 11) is 0. The van der Waals surface area contributed by atoms with E-state index in [1.165, 1.54) is 51.4 Å². The molecule has 0 aromatic rings. The van der Waals surface area contributed by atoms with Crippen molar-refractivity contribution in [2.75, 3.05) is 0 Å². The molecule has 0 radical (unpaired) electrons. The Bertz CT molecular complexity index is 134. The lowest BCUT2D eigenvalue weighted by molar-refractivity contribution is 0.353. The third-order valence-electron chi connectivity index (χ3n) is 4.07. The van der Waals surface area contributed by atoms with E-state index in [0.29, 0.717) is 6.04 Å². The molecular weight excluding hydrogens is 170 g/mol. The Morgan fingerprint density at radius 1 is 1.07 bits per heavy atom. The molecule has 1 nitrogen and oxygen atoms in total. The van der Waals surface area contributed by atoms with Crippen LogP contribution in [-0.2, 0) is 0 Å². The van der Waals surface area contributed by atoms with E-state index in [4.69, 9.17) is 5.73 Å². The van der Waals surface area contributed by atoms with Gasteiger partial charge in [0.15, 0.2) is 0 Å². The van der Waals surface area contributed by atoms with E-state index in [1.807, 2.05) is 0 Å². The van der Waals surface area contributed by atoms with Gasteiger partial charge in [-0.3, -0.25) is 0 Å². The Kier molecular flexibility index (Phi) is 5.54. The Morgan fingerprint density at radius 2 is 1.64 bits per heavy atom. The van der Waals surface area contributed by atoms with Gasteiger partial charge in [-0.2, -0.15) is 0 Å². The maximum Gasteiger partial charge on any atom is 0.00672 e. The van der Waals surface area contributed by atoms with Crippen LogP contribution in [0.5, 0.6) is 0 Å². The molecule has 14 heavy (non-hydrogen) atoms. The van der Waals surface area contributed by atoms with Crippen molar-refractivity contribution in [3.63, 3.8) is 0 Å². The smallest absolute Gasteiger partial charge is 0.00672 e. The van der Waals surface area contributed by atoms with Gasteiger partial charge in [0.05, 0.1) is 0 Å². The first-order valence-electron chi connectivity index (χ1n) is 6.53. The van der Waals surface area contributed by atoms with Crippen molar-refractivity contribution in [3.8, 4) is 0 Å². The van der Waals surface area contributed by atoms with Gasteiger partial charge in [-0.25, -0.2) is 0 Å². The number of hydrogen-bond donors (Lipinski definition) is 1. The molecule has 0 aromatic carbocycles. The molecule has 0 saturated heterocycles. The van der Waals surface area contributed by atoms with Gasteiger partial charge < -0.3 is 5.73 Å². The van der Waals surface area contributed by atoms with Crippen molar-refractivity contribution >= 4 is 0 Å². The molecule has 1 unspecified atom stereocenters. The fourth-order valence-electron chi connectivity index (χ4n) is 2.75. The molecule has 1 atom stereocenters. The fraction of sp³-hybridized carbons (Fsp3) is 1.00. The van der Waals surface area contributed by atoms with E-state index in [-0.39, 0.29) is 0 Å². The predicted octanol–water partition coefficient (Wildman–Crippen LogP) is 3.72. The highest BCUT2D eigenvalue weighted by molar-refractivity contribution is 4.78. The zero-order valence-corrected chi connectivity index (χ0v) is 9.97. The van der Waals surface area contributed by atoms with Gasteiger partial charge in [0.25, 0.3) is 0 Å². The lowest BCUT2D eigenvalue weighted by Gasteiger charge is -2.21. The van der Waals surface area contributed by atoms with Crippen LogP contribution in [0.25, 0.3) is 0 Å². The van der Waals surface area contributed by atoms with Crippen LogP contribution in [0.15, 0.2) is 0 Å². The van der Waals surface area contributed by atoms with Crippen LogP contribution >= 0.6 is 0 Å². The largest absolute Gasteiger partial charge is 0.327 e. The van der Waals surface area contributed by atoms with E-state index in [1.54, 1.807) is 0 Å². The first kappa shape index (κ1) is 12.0. The van der Waals surface area contributed by atoms with E-state index in [2.05, 4.69) is 13.8 Å².